The smallest absolute Gasteiger partial charge is 0.341 e. The van der Waals surface area contributed by atoms with Crippen LogP contribution < -0.4 is 4.90 Å². The van der Waals surface area contributed by atoms with E-state index in [0.29, 0.717) is 5.56 Å². The van der Waals surface area contributed by atoms with E-state index in [1.807, 2.05) is 18.2 Å². The Labute approximate surface area is 319 Å². The lowest BCUT2D eigenvalue weighted by Crippen LogP contribution is -2.45. The van der Waals surface area contributed by atoms with Crippen molar-refractivity contribution >= 4 is 28.2 Å². The highest BCUT2D eigenvalue weighted by atomic mass is 16.6. The second-order valence-electron chi connectivity index (χ2n) is 15.3. The van der Waals surface area contributed by atoms with Crippen LogP contribution in [0.1, 0.15) is 149 Å². The maximum Gasteiger partial charge on any atom is 0.341 e. The summed E-state index contributed by atoms with van der Waals surface area (Å²) in [7, 11) is 0. The first-order chi connectivity index (χ1) is 26.0. The molecule has 0 aliphatic carbocycles. The molecule has 2 heterocycles. The molecule has 53 heavy (non-hydrogen) atoms. The lowest BCUT2D eigenvalue weighted by molar-refractivity contribution is 0.0136. The Bertz CT molecular complexity index is 1840. The molecule has 0 saturated heterocycles. The predicted octanol–water partition coefficient (Wildman–Crippen LogP) is 13.8. The maximum atomic E-state index is 14.1. The number of benzene rings is 4. The summed E-state index contributed by atoms with van der Waals surface area (Å²) >= 11 is 0. The Balaban J connectivity index is 1.46. The number of hydrogen-bond acceptors (Lipinski definition) is 3. The van der Waals surface area contributed by atoms with Gasteiger partial charge in [0.05, 0.1) is 11.1 Å². The third-order valence-electron chi connectivity index (χ3n) is 11.4. The van der Waals surface area contributed by atoms with E-state index >= 15 is 0 Å². The fourth-order valence-electron chi connectivity index (χ4n) is 8.48. The highest BCUT2D eigenvalue weighted by molar-refractivity contribution is 5.99. The van der Waals surface area contributed by atoms with Gasteiger partial charge in [-0.05, 0) is 86.6 Å². The van der Waals surface area contributed by atoms with Crippen molar-refractivity contribution in [3.63, 3.8) is 0 Å². The molecular weight excluding hydrogens is 649 g/mol. The first-order valence-corrected chi connectivity index (χ1v) is 20.9. The van der Waals surface area contributed by atoms with E-state index < -0.39 is 5.72 Å². The van der Waals surface area contributed by atoms with Crippen LogP contribution in [-0.2, 0) is 29.8 Å². The van der Waals surface area contributed by atoms with Crippen LogP contribution in [0.15, 0.2) is 97.1 Å². The minimum atomic E-state index is -1.21. The standard InChI is InChI=1S/C49H62N2O2/c1-5-8-11-13-15-17-23-39-29-33-41(34-30-39)51(42-35-31-40(32-36-42)24-18-16-14-12-9-6-2)49(45-27-21-19-25-43(45)48(52)53-49)47-38(4)50(37-10-7-3)46-28-22-20-26-44(46)47/h19-22,25-36H,5-18,23-24,37H2,1-4H3. The van der Waals surface area contributed by atoms with Gasteiger partial charge in [0.15, 0.2) is 0 Å². The summed E-state index contributed by atoms with van der Waals surface area (Å²) in [4.78, 5) is 16.4. The normalized spacial score (nSPS) is 15.2. The van der Waals surface area contributed by atoms with Crippen LogP contribution >= 0.6 is 0 Å². The van der Waals surface area contributed by atoms with Gasteiger partial charge in [0.25, 0.3) is 0 Å². The SMILES string of the molecule is CCCCCCCCc1ccc(N(c2ccc(CCCCCCCC)cc2)C2(c3c(C)n(CCCC)c4ccccc34)OC(=O)c3ccccc32)cc1. The highest BCUT2D eigenvalue weighted by Gasteiger charge is 2.54. The van der Waals surface area contributed by atoms with Crippen LogP contribution in [0, 0.1) is 6.92 Å². The zero-order valence-corrected chi connectivity index (χ0v) is 33.0. The molecule has 5 aromatic rings. The van der Waals surface area contributed by atoms with Crippen LogP contribution in [-0.4, -0.2) is 10.5 Å². The number of cyclic esters (lactones) is 1. The van der Waals surface area contributed by atoms with Crippen molar-refractivity contribution in [2.24, 2.45) is 0 Å². The number of carbonyl (C=O) groups excluding carboxylic acids is 1. The van der Waals surface area contributed by atoms with E-state index in [1.165, 1.54) is 93.7 Å². The number of esters is 1. The van der Waals surface area contributed by atoms with Crippen LogP contribution in [0.3, 0.4) is 0 Å². The van der Waals surface area contributed by atoms with Crippen molar-refractivity contribution < 1.29 is 9.53 Å². The summed E-state index contributed by atoms with van der Waals surface area (Å²) in [5.41, 5.74) is 8.37. The summed E-state index contributed by atoms with van der Waals surface area (Å²) in [5.74, 6) is -0.283. The number of aromatic nitrogens is 1. The fourth-order valence-corrected chi connectivity index (χ4v) is 8.48. The van der Waals surface area contributed by atoms with Gasteiger partial charge in [-0.3, -0.25) is 4.90 Å². The number of hydrogen-bond donors (Lipinski definition) is 0. The Hall–Kier alpha value is -4.31. The Morgan fingerprint density at radius 2 is 1.09 bits per heavy atom. The van der Waals surface area contributed by atoms with E-state index in [-0.39, 0.29) is 5.97 Å². The van der Waals surface area contributed by atoms with Gasteiger partial charge in [-0.1, -0.05) is 152 Å². The predicted molar refractivity (Wildman–Crippen MR) is 223 cm³/mol. The third-order valence-corrected chi connectivity index (χ3v) is 11.4. The molecule has 1 unspecified atom stereocenters. The summed E-state index contributed by atoms with van der Waals surface area (Å²) < 4.78 is 9.38. The van der Waals surface area contributed by atoms with E-state index in [4.69, 9.17) is 4.74 Å². The van der Waals surface area contributed by atoms with Crippen molar-refractivity contribution in [1.82, 2.24) is 4.57 Å². The first-order valence-electron chi connectivity index (χ1n) is 20.9. The van der Waals surface area contributed by atoms with Crippen LogP contribution in [0.2, 0.25) is 0 Å². The average Bonchev–Trinajstić information content (AvgIpc) is 3.64. The molecule has 1 aromatic heterocycles. The second-order valence-corrected chi connectivity index (χ2v) is 15.3. The molecule has 6 rings (SSSR count). The molecule has 0 N–H and O–H groups in total. The number of ether oxygens (including phenoxy) is 1. The zero-order chi connectivity index (χ0) is 37.0. The third kappa shape index (κ3) is 8.43. The summed E-state index contributed by atoms with van der Waals surface area (Å²) in [6.07, 6.45) is 19.8. The van der Waals surface area contributed by atoms with Crippen molar-refractivity contribution in [1.29, 1.82) is 0 Å². The summed E-state index contributed by atoms with van der Waals surface area (Å²) in [6, 6.07) is 34.8. The molecule has 0 saturated carbocycles. The molecule has 280 valence electrons. The second kappa shape index (κ2) is 18.6. The highest BCUT2D eigenvalue weighted by Crippen LogP contribution is 2.53. The average molecular weight is 711 g/mol. The van der Waals surface area contributed by atoms with Crippen molar-refractivity contribution in [3.8, 4) is 0 Å². The van der Waals surface area contributed by atoms with Crippen LogP contribution in [0.4, 0.5) is 11.4 Å². The lowest BCUT2D eigenvalue weighted by atomic mass is 9.88. The van der Waals surface area contributed by atoms with Crippen LogP contribution in [0.5, 0.6) is 0 Å². The molecule has 0 spiro atoms. The zero-order valence-electron chi connectivity index (χ0n) is 33.0. The number of rotatable bonds is 21. The molecule has 4 nitrogen and oxygen atoms in total. The Kier molecular flexibility index (Phi) is 13.5. The number of nitrogens with zero attached hydrogens (tertiary/aromatic N) is 2. The summed E-state index contributed by atoms with van der Waals surface area (Å²) in [6.45, 7) is 9.92. The molecule has 0 bridgehead atoms. The van der Waals surface area contributed by atoms with Crippen LogP contribution in [0.25, 0.3) is 10.9 Å². The first kappa shape index (κ1) is 38.4. The van der Waals surface area contributed by atoms with Gasteiger partial charge < -0.3 is 9.30 Å². The molecule has 0 fully saturated rings. The monoisotopic (exact) mass is 710 g/mol. The van der Waals surface area contributed by atoms with Crippen molar-refractivity contribution in [3.05, 3.63) is 131 Å². The van der Waals surface area contributed by atoms with E-state index in [1.54, 1.807) is 0 Å². The van der Waals surface area contributed by atoms with Crippen molar-refractivity contribution in [2.75, 3.05) is 4.90 Å². The number of fused-ring (bicyclic) bond motifs is 2. The van der Waals surface area contributed by atoms with E-state index in [9.17, 15) is 4.79 Å². The molecular formula is C49H62N2O2. The van der Waals surface area contributed by atoms with Gasteiger partial charge in [-0.2, -0.15) is 0 Å². The molecule has 4 aromatic carbocycles. The molecule has 1 atom stereocenters. The minimum absolute atomic E-state index is 0.283. The lowest BCUT2D eigenvalue weighted by Gasteiger charge is -2.42. The van der Waals surface area contributed by atoms with Gasteiger partial charge in [-0.15, -0.1) is 0 Å². The van der Waals surface area contributed by atoms with Gasteiger partial charge in [0, 0.05) is 40.1 Å². The number of unbranched alkanes of at least 4 members (excludes halogenated alkanes) is 11. The quantitative estimate of drug-likeness (QED) is 0.0562. The summed E-state index contributed by atoms with van der Waals surface area (Å²) in [5, 5.41) is 1.12. The largest absolute Gasteiger partial charge is 0.426 e. The number of anilines is 2. The fraction of sp³-hybridized carbons (Fsp3) is 0.449. The Morgan fingerprint density at radius 3 is 1.68 bits per heavy atom. The molecule has 1 aliphatic heterocycles. The van der Waals surface area contributed by atoms with Gasteiger partial charge >= 0.3 is 5.97 Å². The molecule has 0 amide bonds. The maximum absolute atomic E-state index is 14.1. The number of carbonyl (C=O) groups is 1. The number of aryl methyl sites for hydroxylation is 3. The Morgan fingerprint density at radius 1 is 0.585 bits per heavy atom. The number of para-hydroxylation sites is 1. The minimum Gasteiger partial charge on any atom is -0.426 e. The molecule has 4 heteroatoms. The molecule has 1 aliphatic rings. The van der Waals surface area contributed by atoms with Crippen molar-refractivity contribution in [2.45, 2.75) is 143 Å². The topological polar surface area (TPSA) is 34.5 Å². The van der Waals surface area contributed by atoms with Gasteiger partial charge in [0.1, 0.15) is 0 Å². The van der Waals surface area contributed by atoms with Gasteiger partial charge in [0.2, 0.25) is 5.72 Å². The van der Waals surface area contributed by atoms with Gasteiger partial charge in [-0.25, -0.2) is 4.79 Å². The molecule has 0 radical (unpaired) electrons. The van der Waals surface area contributed by atoms with E-state index in [0.717, 1.165) is 65.8 Å². The van der Waals surface area contributed by atoms with E-state index in [2.05, 4.69) is 116 Å².